The van der Waals surface area contributed by atoms with Gasteiger partial charge in [0.15, 0.2) is 9.84 Å². The van der Waals surface area contributed by atoms with Crippen LogP contribution in [-0.2, 0) is 14.6 Å². The van der Waals surface area contributed by atoms with Gasteiger partial charge in [-0.25, -0.2) is 8.42 Å². The van der Waals surface area contributed by atoms with Crippen LogP contribution in [0.4, 0.5) is 0 Å². The zero-order valence-electron chi connectivity index (χ0n) is 11.7. The smallest absolute Gasteiger partial charge is 0.238 e. The Morgan fingerprint density at radius 2 is 2.10 bits per heavy atom. The lowest BCUT2D eigenvalue weighted by atomic mass is 10.0. The van der Waals surface area contributed by atoms with Crippen molar-refractivity contribution in [3.05, 3.63) is 29.8 Å². The Balaban J connectivity index is 2.25. The van der Waals surface area contributed by atoms with E-state index in [2.05, 4.69) is 0 Å². The Morgan fingerprint density at radius 3 is 2.75 bits per heavy atom. The molecule has 0 aliphatic carbocycles. The molecule has 1 atom stereocenters. The van der Waals surface area contributed by atoms with E-state index in [4.69, 9.17) is 4.74 Å². The van der Waals surface area contributed by atoms with Gasteiger partial charge in [-0.15, -0.1) is 0 Å². The third kappa shape index (κ3) is 3.30. The molecule has 1 heterocycles. The Morgan fingerprint density at radius 1 is 1.40 bits per heavy atom. The molecule has 1 amide bonds. The average molecular weight is 297 g/mol. The minimum absolute atomic E-state index is 0.0969. The Bertz CT molecular complexity index is 597. The molecule has 20 heavy (non-hydrogen) atoms. The van der Waals surface area contributed by atoms with Gasteiger partial charge in [0.1, 0.15) is 11.5 Å². The molecule has 1 unspecified atom stereocenters. The van der Waals surface area contributed by atoms with Crippen LogP contribution in [0.25, 0.3) is 0 Å². The number of hydrogen-bond acceptors (Lipinski definition) is 4. The lowest BCUT2D eigenvalue weighted by molar-refractivity contribution is -0.129. The summed E-state index contributed by atoms with van der Waals surface area (Å²) in [6.45, 7) is 0.594. The van der Waals surface area contributed by atoms with Gasteiger partial charge in [-0.05, 0) is 18.9 Å². The van der Waals surface area contributed by atoms with Gasteiger partial charge in [-0.1, -0.05) is 18.2 Å². The monoisotopic (exact) mass is 297 g/mol. The summed E-state index contributed by atoms with van der Waals surface area (Å²) in [5, 5.41) is 0. The molecule has 5 nitrogen and oxygen atoms in total. The second-order valence-electron chi connectivity index (χ2n) is 5.06. The van der Waals surface area contributed by atoms with Gasteiger partial charge in [0.2, 0.25) is 5.91 Å². The van der Waals surface area contributed by atoms with E-state index in [-0.39, 0.29) is 11.9 Å². The normalized spacial score (nSPS) is 19.1. The van der Waals surface area contributed by atoms with Crippen molar-refractivity contribution >= 4 is 15.7 Å². The van der Waals surface area contributed by atoms with Crippen molar-refractivity contribution in [3.8, 4) is 5.75 Å². The van der Waals surface area contributed by atoms with Crippen LogP contribution in [0.15, 0.2) is 24.3 Å². The highest BCUT2D eigenvalue weighted by atomic mass is 32.2. The van der Waals surface area contributed by atoms with Crippen molar-refractivity contribution in [2.24, 2.45) is 0 Å². The fourth-order valence-electron chi connectivity index (χ4n) is 2.64. The first kappa shape index (κ1) is 14.8. The van der Waals surface area contributed by atoms with E-state index in [0.717, 1.165) is 30.4 Å². The van der Waals surface area contributed by atoms with Crippen LogP contribution in [0.5, 0.6) is 5.75 Å². The first-order valence-corrected chi connectivity index (χ1v) is 8.58. The van der Waals surface area contributed by atoms with Crippen molar-refractivity contribution in [3.63, 3.8) is 0 Å². The third-order valence-electron chi connectivity index (χ3n) is 3.46. The molecule has 0 bridgehead atoms. The van der Waals surface area contributed by atoms with Gasteiger partial charge in [0.05, 0.1) is 13.2 Å². The molecule has 1 saturated heterocycles. The van der Waals surface area contributed by atoms with E-state index in [1.54, 1.807) is 12.0 Å². The molecule has 1 fully saturated rings. The van der Waals surface area contributed by atoms with Crippen molar-refractivity contribution in [1.82, 2.24) is 4.90 Å². The van der Waals surface area contributed by atoms with Gasteiger partial charge >= 0.3 is 0 Å². The van der Waals surface area contributed by atoms with Gasteiger partial charge in [0, 0.05) is 18.4 Å². The SMILES string of the molecule is COc1ccccc1C1CCCN1C(=O)CS(C)(=O)=O. The standard InChI is InChI=1S/C14H19NO4S/c1-19-13-8-4-3-6-11(13)12-7-5-9-15(12)14(16)10-20(2,17)18/h3-4,6,8,12H,5,7,9-10H2,1-2H3. The van der Waals surface area contributed by atoms with E-state index < -0.39 is 15.6 Å². The Hall–Kier alpha value is -1.56. The first-order chi connectivity index (χ1) is 9.42. The summed E-state index contributed by atoms with van der Waals surface area (Å²) in [6, 6.07) is 7.46. The lowest BCUT2D eigenvalue weighted by Gasteiger charge is -2.26. The van der Waals surface area contributed by atoms with Crippen LogP contribution in [-0.4, -0.2) is 44.9 Å². The number of carbonyl (C=O) groups is 1. The topological polar surface area (TPSA) is 63.7 Å². The highest BCUT2D eigenvalue weighted by Gasteiger charge is 2.32. The zero-order valence-corrected chi connectivity index (χ0v) is 12.5. The summed E-state index contributed by atoms with van der Waals surface area (Å²) >= 11 is 0. The summed E-state index contributed by atoms with van der Waals surface area (Å²) in [5.74, 6) is -0.0315. The van der Waals surface area contributed by atoms with Crippen LogP contribution in [0.1, 0.15) is 24.4 Å². The minimum Gasteiger partial charge on any atom is -0.496 e. The van der Waals surface area contributed by atoms with Crippen LogP contribution in [0, 0.1) is 0 Å². The third-order valence-corrected chi connectivity index (χ3v) is 4.23. The quantitative estimate of drug-likeness (QED) is 0.843. The van der Waals surface area contributed by atoms with E-state index in [0.29, 0.717) is 6.54 Å². The molecule has 1 aliphatic heterocycles. The molecule has 0 saturated carbocycles. The second kappa shape index (κ2) is 5.83. The summed E-state index contributed by atoms with van der Waals surface area (Å²) in [6.07, 6.45) is 2.78. The highest BCUT2D eigenvalue weighted by Crippen LogP contribution is 2.36. The maximum Gasteiger partial charge on any atom is 0.238 e. The zero-order chi connectivity index (χ0) is 14.8. The second-order valence-corrected chi connectivity index (χ2v) is 7.20. The molecule has 1 aromatic rings. The molecule has 110 valence electrons. The molecular formula is C14H19NO4S. The molecule has 0 aromatic heterocycles. The number of para-hydroxylation sites is 1. The Labute approximate surface area is 119 Å². The van der Waals surface area contributed by atoms with Crippen molar-refractivity contribution in [1.29, 1.82) is 0 Å². The molecule has 1 aromatic carbocycles. The van der Waals surface area contributed by atoms with Crippen molar-refractivity contribution in [2.75, 3.05) is 25.7 Å². The number of nitrogens with zero attached hydrogens (tertiary/aromatic N) is 1. The van der Waals surface area contributed by atoms with E-state index >= 15 is 0 Å². The number of amides is 1. The summed E-state index contributed by atoms with van der Waals surface area (Å²) < 4.78 is 27.9. The van der Waals surface area contributed by atoms with E-state index in [1.807, 2.05) is 24.3 Å². The first-order valence-electron chi connectivity index (χ1n) is 6.52. The number of rotatable bonds is 4. The number of carbonyl (C=O) groups excluding carboxylic acids is 1. The maximum absolute atomic E-state index is 12.2. The van der Waals surface area contributed by atoms with Gasteiger partial charge in [-0.3, -0.25) is 4.79 Å². The molecule has 0 N–H and O–H groups in total. The molecule has 0 spiro atoms. The maximum atomic E-state index is 12.2. The highest BCUT2D eigenvalue weighted by molar-refractivity contribution is 7.91. The molecule has 0 radical (unpaired) electrons. The minimum atomic E-state index is -3.30. The van der Waals surface area contributed by atoms with Crippen LogP contribution in [0.3, 0.4) is 0 Å². The van der Waals surface area contributed by atoms with Crippen LogP contribution < -0.4 is 4.74 Å². The van der Waals surface area contributed by atoms with Gasteiger partial charge in [0.25, 0.3) is 0 Å². The fourth-order valence-corrected chi connectivity index (χ4v) is 3.25. The van der Waals surface area contributed by atoms with Crippen LogP contribution >= 0.6 is 0 Å². The number of sulfone groups is 1. The Kier molecular flexibility index (Phi) is 4.32. The van der Waals surface area contributed by atoms with Gasteiger partial charge in [-0.2, -0.15) is 0 Å². The number of methoxy groups -OCH3 is 1. The summed E-state index contributed by atoms with van der Waals surface area (Å²) in [5.41, 5.74) is 0.939. The lowest BCUT2D eigenvalue weighted by Crippen LogP contribution is -2.35. The van der Waals surface area contributed by atoms with E-state index in [9.17, 15) is 13.2 Å². The average Bonchev–Trinajstić information content (AvgIpc) is 2.85. The predicted molar refractivity (Wildman–Crippen MR) is 76.4 cm³/mol. The van der Waals surface area contributed by atoms with Crippen LogP contribution in [0.2, 0.25) is 0 Å². The number of benzene rings is 1. The fraction of sp³-hybridized carbons (Fsp3) is 0.500. The number of ether oxygens (including phenoxy) is 1. The molecule has 2 rings (SSSR count). The molecule has 1 aliphatic rings. The van der Waals surface area contributed by atoms with Crippen molar-refractivity contribution < 1.29 is 17.9 Å². The molecular weight excluding hydrogens is 278 g/mol. The summed E-state index contributed by atoms with van der Waals surface area (Å²) in [7, 11) is -1.71. The van der Waals surface area contributed by atoms with Gasteiger partial charge < -0.3 is 9.64 Å². The molecule has 6 heteroatoms. The van der Waals surface area contributed by atoms with E-state index in [1.165, 1.54) is 0 Å². The summed E-state index contributed by atoms with van der Waals surface area (Å²) in [4.78, 5) is 13.8. The predicted octanol–water partition coefficient (Wildman–Crippen LogP) is 1.40. The van der Waals surface area contributed by atoms with Crippen molar-refractivity contribution in [2.45, 2.75) is 18.9 Å². The largest absolute Gasteiger partial charge is 0.496 e. The number of likely N-dealkylation sites (tertiary alicyclic amines) is 1. The number of hydrogen-bond donors (Lipinski definition) is 0.